The summed E-state index contributed by atoms with van der Waals surface area (Å²) < 4.78 is 5.18. The molecule has 0 saturated carbocycles. The van der Waals surface area contributed by atoms with Gasteiger partial charge < -0.3 is 19.5 Å². The van der Waals surface area contributed by atoms with Crippen LogP contribution in [0.2, 0.25) is 0 Å². The first kappa shape index (κ1) is 18.0. The van der Waals surface area contributed by atoms with Gasteiger partial charge in [-0.15, -0.1) is 0 Å². The van der Waals surface area contributed by atoms with Crippen molar-refractivity contribution in [3.8, 4) is 0 Å². The van der Waals surface area contributed by atoms with Crippen LogP contribution in [0.25, 0.3) is 0 Å². The lowest BCUT2D eigenvalue weighted by Crippen LogP contribution is -2.49. The molecule has 2 aromatic heterocycles. The molecule has 0 bridgehead atoms. The fourth-order valence-electron chi connectivity index (χ4n) is 2.83. The number of nitrogens with zero attached hydrogens (tertiary/aromatic N) is 3. The topological polar surface area (TPSA) is 78.7 Å². The first-order valence-corrected chi connectivity index (χ1v) is 8.86. The van der Waals surface area contributed by atoms with Gasteiger partial charge in [-0.1, -0.05) is 13.8 Å². The van der Waals surface area contributed by atoms with Crippen LogP contribution >= 0.6 is 0 Å². The van der Waals surface area contributed by atoms with Crippen molar-refractivity contribution in [3.63, 3.8) is 0 Å². The fraction of sp³-hybridized carbons (Fsp3) is 0.421. The summed E-state index contributed by atoms with van der Waals surface area (Å²) in [6, 6.07) is 6.91. The maximum atomic E-state index is 12.3. The number of pyridine rings is 1. The molecule has 1 saturated heterocycles. The van der Waals surface area contributed by atoms with E-state index in [1.165, 1.54) is 6.26 Å². The molecule has 3 heterocycles. The van der Waals surface area contributed by atoms with Crippen LogP contribution in [0.4, 0.5) is 5.82 Å². The highest BCUT2D eigenvalue weighted by Crippen LogP contribution is 2.17. The number of hydrogen-bond acceptors (Lipinski definition) is 5. The Morgan fingerprint density at radius 2 is 2.00 bits per heavy atom. The molecule has 138 valence electrons. The quantitative estimate of drug-likeness (QED) is 0.887. The molecule has 0 spiro atoms. The zero-order valence-electron chi connectivity index (χ0n) is 15.1. The van der Waals surface area contributed by atoms with E-state index in [0.29, 0.717) is 50.0 Å². The van der Waals surface area contributed by atoms with Crippen molar-refractivity contribution < 1.29 is 14.0 Å². The highest BCUT2D eigenvalue weighted by atomic mass is 16.3. The van der Waals surface area contributed by atoms with E-state index >= 15 is 0 Å². The molecule has 0 atom stereocenters. The largest absolute Gasteiger partial charge is 0.459 e. The number of hydrogen-bond donors (Lipinski definition) is 1. The maximum absolute atomic E-state index is 12.3. The molecule has 7 nitrogen and oxygen atoms in total. The van der Waals surface area contributed by atoms with E-state index in [4.69, 9.17) is 4.42 Å². The van der Waals surface area contributed by atoms with Crippen molar-refractivity contribution in [1.29, 1.82) is 0 Å². The van der Waals surface area contributed by atoms with Crippen LogP contribution in [0.15, 0.2) is 41.1 Å². The number of rotatable bonds is 5. The van der Waals surface area contributed by atoms with E-state index in [2.05, 4.69) is 29.0 Å². The van der Waals surface area contributed by atoms with Crippen molar-refractivity contribution in [2.24, 2.45) is 5.92 Å². The molecule has 1 aliphatic heterocycles. The summed E-state index contributed by atoms with van der Waals surface area (Å²) in [5, 5.41) is 2.92. The number of carbonyl (C=O) groups excluding carboxylic acids is 2. The van der Waals surface area contributed by atoms with Crippen LogP contribution in [0.5, 0.6) is 0 Å². The molecular weight excluding hydrogens is 332 g/mol. The number of carbonyl (C=O) groups is 2. The van der Waals surface area contributed by atoms with Gasteiger partial charge >= 0.3 is 0 Å². The number of furan rings is 1. The van der Waals surface area contributed by atoms with Gasteiger partial charge in [0.25, 0.3) is 11.8 Å². The van der Waals surface area contributed by atoms with E-state index in [-0.39, 0.29) is 11.8 Å². The van der Waals surface area contributed by atoms with Gasteiger partial charge in [0.15, 0.2) is 5.76 Å². The summed E-state index contributed by atoms with van der Waals surface area (Å²) >= 11 is 0. The molecule has 26 heavy (non-hydrogen) atoms. The average molecular weight is 356 g/mol. The third-order valence-corrected chi connectivity index (χ3v) is 4.30. The molecule has 2 amide bonds. The Morgan fingerprint density at radius 3 is 2.65 bits per heavy atom. The number of anilines is 1. The zero-order chi connectivity index (χ0) is 18.5. The third-order valence-electron chi connectivity index (χ3n) is 4.30. The molecule has 1 fully saturated rings. The highest BCUT2D eigenvalue weighted by molar-refractivity contribution is 5.95. The Bertz CT molecular complexity index is 750. The van der Waals surface area contributed by atoms with Gasteiger partial charge in [0.2, 0.25) is 0 Å². The van der Waals surface area contributed by atoms with Crippen molar-refractivity contribution in [3.05, 3.63) is 48.0 Å². The standard InChI is InChI=1S/C19H24N4O3/c1-14(2)13-21-18(24)15-5-6-20-17(12-15)22-7-9-23(10-8-22)19(25)16-4-3-11-26-16/h3-6,11-12,14H,7-10,13H2,1-2H3,(H,21,24). The van der Waals surface area contributed by atoms with Gasteiger partial charge in [-0.05, 0) is 30.2 Å². The smallest absolute Gasteiger partial charge is 0.289 e. The molecule has 2 aromatic rings. The van der Waals surface area contributed by atoms with Gasteiger partial charge in [0.05, 0.1) is 6.26 Å². The Labute approximate surface area is 153 Å². The van der Waals surface area contributed by atoms with Crippen molar-refractivity contribution in [2.75, 3.05) is 37.6 Å². The molecule has 1 N–H and O–H groups in total. The Morgan fingerprint density at radius 1 is 1.23 bits per heavy atom. The van der Waals surface area contributed by atoms with Crippen LogP contribution in [0, 0.1) is 5.92 Å². The van der Waals surface area contributed by atoms with Crippen LogP contribution < -0.4 is 10.2 Å². The van der Waals surface area contributed by atoms with Crippen LogP contribution in [-0.4, -0.2) is 54.4 Å². The SMILES string of the molecule is CC(C)CNC(=O)c1ccnc(N2CCN(C(=O)c3ccco3)CC2)c1. The van der Waals surface area contributed by atoms with E-state index in [9.17, 15) is 9.59 Å². The minimum Gasteiger partial charge on any atom is -0.459 e. The summed E-state index contributed by atoms with van der Waals surface area (Å²) in [6.45, 7) is 7.26. The molecular formula is C19H24N4O3. The van der Waals surface area contributed by atoms with Crippen LogP contribution in [-0.2, 0) is 0 Å². The minimum absolute atomic E-state index is 0.0889. The Kier molecular flexibility index (Phi) is 5.55. The molecule has 0 aromatic carbocycles. The monoisotopic (exact) mass is 356 g/mol. The zero-order valence-corrected chi connectivity index (χ0v) is 15.1. The lowest BCUT2D eigenvalue weighted by molar-refractivity contribution is 0.0714. The molecule has 7 heteroatoms. The normalized spacial score (nSPS) is 14.6. The van der Waals surface area contributed by atoms with Crippen molar-refractivity contribution in [2.45, 2.75) is 13.8 Å². The summed E-state index contributed by atoms with van der Waals surface area (Å²) in [4.78, 5) is 32.8. The highest BCUT2D eigenvalue weighted by Gasteiger charge is 2.24. The second-order valence-electron chi connectivity index (χ2n) is 6.76. The second-order valence-corrected chi connectivity index (χ2v) is 6.76. The molecule has 0 radical (unpaired) electrons. The molecule has 3 rings (SSSR count). The summed E-state index contributed by atoms with van der Waals surface area (Å²) in [7, 11) is 0. The lowest BCUT2D eigenvalue weighted by Gasteiger charge is -2.35. The maximum Gasteiger partial charge on any atom is 0.289 e. The van der Waals surface area contributed by atoms with Gasteiger partial charge in [0.1, 0.15) is 5.82 Å². The van der Waals surface area contributed by atoms with Crippen molar-refractivity contribution >= 4 is 17.6 Å². The van der Waals surface area contributed by atoms with E-state index in [1.54, 1.807) is 35.4 Å². The second kappa shape index (κ2) is 8.03. The molecule has 0 aliphatic carbocycles. The first-order valence-electron chi connectivity index (χ1n) is 8.86. The first-order chi connectivity index (χ1) is 12.5. The molecule has 0 unspecified atom stereocenters. The van der Waals surface area contributed by atoms with Gasteiger partial charge in [-0.3, -0.25) is 9.59 Å². The van der Waals surface area contributed by atoms with Crippen LogP contribution in [0.1, 0.15) is 34.8 Å². The van der Waals surface area contributed by atoms with E-state index in [0.717, 1.165) is 5.82 Å². The Balaban J connectivity index is 1.60. The predicted octanol–water partition coefficient (Wildman–Crippen LogP) is 2.02. The minimum atomic E-state index is -0.0931. The average Bonchev–Trinajstić information content (AvgIpc) is 3.20. The number of nitrogens with one attached hydrogen (secondary N) is 1. The lowest BCUT2D eigenvalue weighted by atomic mass is 10.2. The number of amides is 2. The molecule has 1 aliphatic rings. The Hall–Kier alpha value is -2.83. The predicted molar refractivity (Wildman–Crippen MR) is 98.2 cm³/mol. The van der Waals surface area contributed by atoms with Gasteiger partial charge in [-0.25, -0.2) is 4.98 Å². The fourth-order valence-corrected chi connectivity index (χ4v) is 2.83. The van der Waals surface area contributed by atoms with Crippen molar-refractivity contribution in [1.82, 2.24) is 15.2 Å². The van der Waals surface area contributed by atoms with E-state index < -0.39 is 0 Å². The van der Waals surface area contributed by atoms with Crippen LogP contribution in [0.3, 0.4) is 0 Å². The number of piperazine rings is 1. The summed E-state index contributed by atoms with van der Waals surface area (Å²) in [5.41, 5.74) is 0.602. The van der Waals surface area contributed by atoms with E-state index in [1.807, 2.05) is 0 Å². The van der Waals surface area contributed by atoms with Gasteiger partial charge in [0, 0.05) is 44.5 Å². The number of aromatic nitrogens is 1. The summed E-state index contributed by atoms with van der Waals surface area (Å²) in [6.07, 6.45) is 3.16. The summed E-state index contributed by atoms with van der Waals surface area (Å²) in [5.74, 6) is 1.34. The van der Waals surface area contributed by atoms with Gasteiger partial charge in [-0.2, -0.15) is 0 Å². The third kappa shape index (κ3) is 4.22.